The van der Waals surface area contributed by atoms with Crippen molar-refractivity contribution in [3.63, 3.8) is 0 Å². The number of aliphatic imine (C=N–C) groups is 1. The van der Waals surface area contributed by atoms with Crippen LogP contribution in [-0.4, -0.2) is 18.2 Å². The molecule has 24 heavy (non-hydrogen) atoms. The van der Waals surface area contributed by atoms with Gasteiger partial charge in [-0.3, -0.25) is 4.79 Å². The van der Waals surface area contributed by atoms with Crippen LogP contribution >= 0.6 is 35.0 Å². The van der Waals surface area contributed by atoms with Crippen LogP contribution in [0.25, 0.3) is 6.08 Å². The van der Waals surface area contributed by atoms with Gasteiger partial charge in [0, 0.05) is 5.56 Å². The van der Waals surface area contributed by atoms with E-state index in [2.05, 4.69) is 10.3 Å². The molecule has 122 valence electrons. The van der Waals surface area contributed by atoms with Crippen molar-refractivity contribution in [1.82, 2.24) is 5.32 Å². The van der Waals surface area contributed by atoms with E-state index >= 15 is 0 Å². The number of carbonyl (C=O) groups excluding carboxylic acids is 1. The molecule has 0 aromatic heterocycles. The highest BCUT2D eigenvalue weighted by atomic mass is 35.5. The summed E-state index contributed by atoms with van der Waals surface area (Å²) in [5, 5.41) is 3.93. The van der Waals surface area contributed by atoms with E-state index in [1.807, 2.05) is 24.3 Å². The molecule has 0 atom stereocenters. The predicted octanol–water partition coefficient (Wildman–Crippen LogP) is 4.89. The van der Waals surface area contributed by atoms with E-state index in [4.69, 9.17) is 27.9 Å². The molecule has 1 amide bonds. The van der Waals surface area contributed by atoms with Crippen molar-refractivity contribution >= 4 is 57.8 Å². The van der Waals surface area contributed by atoms with Crippen molar-refractivity contribution in [1.29, 1.82) is 0 Å². The number of hydrogen-bond donors (Lipinski definition) is 1. The molecule has 2 aromatic rings. The molecule has 0 bridgehead atoms. The number of halogens is 2. The number of methoxy groups -OCH3 is 1. The first-order chi connectivity index (χ1) is 11.6. The summed E-state index contributed by atoms with van der Waals surface area (Å²) in [6.07, 6.45) is 1.76. The number of para-hydroxylation sites is 1. The molecule has 0 spiro atoms. The predicted molar refractivity (Wildman–Crippen MR) is 100 cm³/mol. The monoisotopic (exact) mass is 378 g/mol. The van der Waals surface area contributed by atoms with E-state index in [0.717, 1.165) is 5.56 Å². The third-order valence-electron chi connectivity index (χ3n) is 3.23. The minimum absolute atomic E-state index is 0.220. The number of hydrogen-bond acceptors (Lipinski definition) is 4. The van der Waals surface area contributed by atoms with E-state index in [1.54, 1.807) is 31.4 Å². The van der Waals surface area contributed by atoms with E-state index < -0.39 is 0 Å². The fourth-order valence-corrected chi connectivity index (χ4v) is 3.26. The largest absolute Gasteiger partial charge is 0.496 e. The van der Waals surface area contributed by atoms with Crippen LogP contribution in [0.4, 0.5) is 5.69 Å². The molecule has 0 saturated carbocycles. The van der Waals surface area contributed by atoms with Gasteiger partial charge in [0.2, 0.25) is 0 Å². The van der Waals surface area contributed by atoms with E-state index in [9.17, 15) is 4.79 Å². The van der Waals surface area contributed by atoms with Crippen LogP contribution in [-0.2, 0) is 4.79 Å². The minimum atomic E-state index is -0.220. The Bertz CT molecular complexity index is 865. The first-order valence-electron chi connectivity index (χ1n) is 6.95. The van der Waals surface area contributed by atoms with Crippen molar-refractivity contribution in [2.24, 2.45) is 4.99 Å². The Hall–Kier alpha value is -1.95. The number of amides is 1. The lowest BCUT2D eigenvalue weighted by molar-refractivity contribution is -0.115. The second-order valence-electron chi connectivity index (χ2n) is 4.80. The Labute approximate surface area is 153 Å². The molecular weight excluding hydrogens is 367 g/mol. The second kappa shape index (κ2) is 7.30. The van der Waals surface area contributed by atoms with Gasteiger partial charge in [-0.05, 0) is 36.0 Å². The zero-order valence-electron chi connectivity index (χ0n) is 12.5. The zero-order valence-corrected chi connectivity index (χ0v) is 14.9. The van der Waals surface area contributed by atoms with Gasteiger partial charge in [-0.2, -0.15) is 0 Å². The van der Waals surface area contributed by atoms with Gasteiger partial charge in [0.25, 0.3) is 5.91 Å². The molecule has 3 rings (SSSR count). The molecule has 0 radical (unpaired) electrons. The van der Waals surface area contributed by atoms with Crippen molar-refractivity contribution in [3.05, 3.63) is 63.0 Å². The third kappa shape index (κ3) is 3.59. The molecule has 0 aliphatic carbocycles. The molecule has 1 aliphatic heterocycles. The Morgan fingerprint density at radius 2 is 1.96 bits per heavy atom. The smallest absolute Gasteiger partial charge is 0.264 e. The lowest BCUT2D eigenvalue weighted by Crippen LogP contribution is -2.19. The number of ether oxygens (including phenoxy) is 1. The molecule has 2 aromatic carbocycles. The van der Waals surface area contributed by atoms with Gasteiger partial charge in [-0.25, -0.2) is 4.99 Å². The van der Waals surface area contributed by atoms with E-state index in [-0.39, 0.29) is 5.91 Å². The molecule has 4 nitrogen and oxygen atoms in total. The molecule has 1 saturated heterocycles. The lowest BCUT2D eigenvalue weighted by atomic mass is 10.2. The van der Waals surface area contributed by atoms with Gasteiger partial charge in [0.05, 0.1) is 27.7 Å². The summed E-state index contributed by atoms with van der Waals surface area (Å²) in [7, 11) is 1.59. The summed E-state index contributed by atoms with van der Waals surface area (Å²) in [4.78, 5) is 17.0. The van der Waals surface area contributed by atoms with Crippen LogP contribution in [0.3, 0.4) is 0 Å². The Morgan fingerprint density at radius 3 is 2.75 bits per heavy atom. The van der Waals surface area contributed by atoms with Crippen LogP contribution in [0.1, 0.15) is 5.56 Å². The van der Waals surface area contributed by atoms with Gasteiger partial charge in [-0.1, -0.05) is 47.5 Å². The number of rotatable bonds is 3. The first kappa shape index (κ1) is 16.9. The quantitative estimate of drug-likeness (QED) is 0.773. The highest BCUT2D eigenvalue weighted by Gasteiger charge is 2.24. The maximum absolute atomic E-state index is 12.1. The van der Waals surface area contributed by atoms with Gasteiger partial charge in [0.1, 0.15) is 5.75 Å². The fourth-order valence-electron chi connectivity index (χ4n) is 2.10. The average molecular weight is 379 g/mol. The topological polar surface area (TPSA) is 50.7 Å². The van der Waals surface area contributed by atoms with Crippen molar-refractivity contribution in [3.8, 4) is 5.75 Å². The molecule has 7 heteroatoms. The van der Waals surface area contributed by atoms with E-state index in [0.29, 0.717) is 31.6 Å². The molecule has 1 aliphatic rings. The first-order valence-corrected chi connectivity index (χ1v) is 8.52. The normalized spacial score (nSPS) is 17.4. The fraction of sp³-hybridized carbons (Fsp3) is 0.0588. The van der Waals surface area contributed by atoms with E-state index in [1.165, 1.54) is 11.8 Å². The Morgan fingerprint density at radius 1 is 1.17 bits per heavy atom. The summed E-state index contributed by atoms with van der Waals surface area (Å²) >= 11 is 13.3. The van der Waals surface area contributed by atoms with Crippen molar-refractivity contribution < 1.29 is 9.53 Å². The third-order valence-corrected chi connectivity index (χ3v) is 4.95. The van der Waals surface area contributed by atoms with Crippen LogP contribution < -0.4 is 10.1 Å². The second-order valence-corrected chi connectivity index (χ2v) is 6.61. The lowest BCUT2D eigenvalue weighted by Gasteiger charge is -2.03. The standard InChI is InChI=1S/C17H12Cl2N2O2S/c1-23-13-8-3-2-5-10(13)9-14-16(22)21-17(24-14)20-12-7-4-6-11(18)15(12)19/h2-9H,1H3,(H,20,21,22)/b14-9-. The molecular formula is C17H12Cl2N2O2S. The molecule has 1 fully saturated rings. The number of thioether (sulfide) groups is 1. The number of benzene rings is 2. The molecule has 1 heterocycles. The van der Waals surface area contributed by atoms with Crippen LogP contribution in [0, 0.1) is 0 Å². The highest BCUT2D eigenvalue weighted by Crippen LogP contribution is 2.35. The van der Waals surface area contributed by atoms with Gasteiger partial charge in [0.15, 0.2) is 5.17 Å². The summed E-state index contributed by atoms with van der Waals surface area (Å²) < 4.78 is 5.29. The summed E-state index contributed by atoms with van der Waals surface area (Å²) in [6, 6.07) is 12.6. The van der Waals surface area contributed by atoms with Crippen molar-refractivity contribution in [2.75, 3.05) is 7.11 Å². The van der Waals surface area contributed by atoms with Crippen LogP contribution in [0.5, 0.6) is 5.75 Å². The zero-order chi connectivity index (χ0) is 17.1. The van der Waals surface area contributed by atoms with Gasteiger partial charge < -0.3 is 10.1 Å². The van der Waals surface area contributed by atoms with Crippen LogP contribution in [0.2, 0.25) is 10.0 Å². The minimum Gasteiger partial charge on any atom is -0.496 e. The van der Waals surface area contributed by atoms with Gasteiger partial charge >= 0.3 is 0 Å². The highest BCUT2D eigenvalue weighted by molar-refractivity contribution is 8.18. The number of amidine groups is 1. The summed E-state index contributed by atoms with van der Waals surface area (Å²) in [6.45, 7) is 0. The maximum Gasteiger partial charge on any atom is 0.264 e. The van der Waals surface area contributed by atoms with Crippen LogP contribution in [0.15, 0.2) is 52.4 Å². The summed E-state index contributed by atoms with van der Waals surface area (Å²) in [5.41, 5.74) is 1.32. The molecule has 0 unspecified atom stereocenters. The number of nitrogens with zero attached hydrogens (tertiary/aromatic N) is 1. The number of nitrogens with one attached hydrogen (secondary N) is 1. The molecule has 1 N–H and O–H groups in total. The maximum atomic E-state index is 12.1. The van der Waals surface area contributed by atoms with Gasteiger partial charge in [-0.15, -0.1) is 0 Å². The Kier molecular flexibility index (Phi) is 5.14. The Balaban J connectivity index is 1.90. The number of carbonyl (C=O) groups is 1. The average Bonchev–Trinajstić information content (AvgIpc) is 2.92. The van der Waals surface area contributed by atoms with Crippen molar-refractivity contribution in [2.45, 2.75) is 0 Å². The SMILES string of the molecule is COc1ccccc1/C=C1\SC(=Nc2cccc(Cl)c2Cl)NC1=O. The summed E-state index contributed by atoms with van der Waals surface area (Å²) in [5.74, 6) is 0.476.